The number of nitrogens with zero attached hydrogens (tertiary/aromatic N) is 4. The van der Waals surface area contributed by atoms with E-state index in [2.05, 4.69) is 26.8 Å². The lowest BCUT2D eigenvalue weighted by molar-refractivity contribution is 0.0912. The summed E-state index contributed by atoms with van der Waals surface area (Å²) in [6.07, 6.45) is 9.39. The van der Waals surface area contributed by atoms with Crippen LogP contribution in [0.15, 0.2) is 55.0 Å². The molecule has 1 amide bonds. The van der Waals surface area contributed by atoms with Crippen LogP contribution in [-0.2, 0) is 0 Å². The van der Waals surface area contributed by atoms with Gasteiger partial charge in [0.15, 0.2) is 11.2 Å². The molecular formula is C22H20N6OS. The Hall–Kier alpha value is -3.44. The van der Waals surface area contributed by atoms with Gasteiger partial charge < -0.3 is 15.5 Å². The van der Waals surface area contributed by atoms with Crippen LogP contribution in [0.3, 0.4) is 0 Å². The molecule has 1 aliphatic carbocycles. The zero-order valence-corrected chi connectivity index (χ0v) is 17.0. The van der Waals surface area contributed by atoms with E-state index in [1.807, 2.05) is 36.4 Å². The summed E-state index contributed by atoms with van der Waals surface area (Å²) in [4.78, 5) is 24.1. The van der Waals surface area contributed by atoms with E-state index in [-0.39, 0.29) is 18.0 Å². The molecular weight excluding hydrogens is 396 g/mol. The molecule has 2 aromatic heterocycles. The van der Waals surface area contributed by atoms with Gasteiger partial charge >= 0.3 is 0 Å². The van der Waals surface area contributed by atoms with Crippen LogP contribution in [0.5, 0.6) is 0 Å². The van der Waals surface area contributed by atoms with Crippen molar-refractivity contribution in [2.45, 2.75) is 24.9 Å². The zero-order valence-electron chi connectivity index (χ0n) is 16.2. The fraction of sp³-hybridized carbons (Fsp3) is 0.273. The maximum Gasteiger partial charge on any atom is 0.280 e. The summed E-state index contributed by atoms with van der Waals surface area (Å²) in [6, 6.07) is 11.9. The largest absolute Gasteiger partial charge is 0.354 e. The number of amides is 1. The summed E-state index contributed by atoms with van der Waals surface area (Å²) in [5, 5.41) is 16.2. The van der Waals surface area contributed by atoms with Gasteiger partial charge in [-0.1, -0.05) is 18.2 Å². The quantitative estimate of drug-likeness (QED) is 0.617. The third-order valence-electron chi connectivity index (χ3n) is 5.77. The number of para-hydroxylation sites is 1. The summed E-state index contributed by atoms with van der Waals surface area (Å²) in [5.41, 5.74) is 2.77. The van der Waals surface area contributed by atoms with Crippen LogP contribution in [-0.4, -0.2) is 39.4 Å². The molecule has 2 aliphatic rings. The van der Waals surface area contributed by atoms with E-state index in [9.17, 15) is 10.1 Å². The molecule has 5 rings (SSSR count). The molecule has 2 N–H and O–H groups in total. The molecule has 1 saturated heterocycles. The number of likely N-dealkylation sites (tertiary alicyclic amines) is 1. The number of fused-ring (bicyclic) bond motifs is 2. The fourth-order valence-electron chi connectivity index (χ4n) is 4.42. The smallest absolute Gasteiger partial charge is 0.280 e. The number of hydrogen-bond donors (Lipinski definition) is 2. The number of aromatic nitrogens is 2. The Labute approximate surface area is 178 Å². The van der Waals surface area contributed by atoms with Gasteiger partial charge in [-0.3, -0.25) is 9.78 Å². The van der Waals surface area contributed by atoms with E-state index >= 15 is 0 Å². The van der Waals surface area contributed by atoms with Gasteiger partial charge in [0.2, 0.25) is 0 Å². The van der Waals surface area contributed by atoms with Crippen LogP contribution in [0.1, 0.15) is 22.6 Å². The normalized spacial score (nSPS) is 22.0. The van der Waals surface area contributed by atoms with Gasteiger partial charge in [0.1, 0.15) is 0 Å². The Morgan fingerprint density at radius 1 is 1.20 bits per heavy atom. The molecule has 1 aromatic carbocycles. The molecule has 3 atom stereocenters. The van der Waals surface area contributed by atoms with Crippen molar-refractivity contribution in [2.75, 3.05) is 11.9 Å². The van der Waals surface area contributed by atoms with Crippen molar-refractivity contribution in [2.24, 2.45) is 5.92 Å². The molecule has 7 nitrogen and oxygen atoms in total. The maximum atomic E-state index is 12.8. The number of piperidine rings is 1. The van der Waals surface area contributed by atoms with Crippen molar-refractivity contribution >= 4 is 28.6 Å². The summed E-state index contributed by atoms with van der Waals surface area (Å²) in [6.45, 7) is 0.814. The van der Waals surface area contributed by atoms with Crippen LogP contribution in [0.2, 0.25) is 0 Å². The lowest BCUT2D eigenvalue weighted by atomic mass is 10.1. The number of rotatable bonds is 5. The molecule has 0 radical (unpaired) electrons. The van der Waals surface area contributed by atoms with Crippen LogP contribution < -0.4 is 10.6 Å². The van der Waals surface area contributed by atoms with Crippen LogP contribution in [0.25, 0.3) is 10.4 Å². The van der Waals surface area contributed by atoms with E-state index in [1.165, 1.54) is 11.3 Å². The average Bonchev–Trinajstić information content (AvgIpc) is 3.50. The first kappa shape index (κ1) is 18.6. The van der Waals surface area contributed by atoms with E-state index in [0.717, 1.165) is 41.2 Å². The Bertz CT molecular complexity index is 1110. The van der Waals surface area contributed by atoms with Gasteiger partial charge in [0.25, 0.3) is 5.91 Å². The summed E-state index contributed by atoms with van der Waals surface area (Å²) >= 11 is 1.36. The van der Waals surface area contributed by atoms with Gasteiger partial charge in [-0.2, -0.15) is 5.26 Å². The second-order valence-corrected chi connectivity index (χ2v) is 8.71. The Morgan fingerprint density at radius 2 is 2.07 bits per heavy atom. The van der Waals surface area contributed by atoms with Crippen molar-refractivity contribution in [3.63, 3.8) is 0 Å². The van der Waals surface area contributed by atoms with Crippen LogP contribution >= 0.6 is 11.3 Å². The topological polar surface area (TPSA) is 93.9 Å². The summed E-state index contributed by atoms with van der Waals surface area (Å²) in [5.74, 6) is 0.323. The highest BCUT2D eigenvalue weighted by Crippen LogP contribution is 2.38. The third kappa shape index (κ3) is 3.48. The molecule has 3 unspecified atom stereocenters. The van der Waals surface area contributed by atoms with E-state index < -0.39 is 0 Å². The number of carbonyl (C=O) groups is 1. The Balaban J connectivity index is 1.33. The highest BCUT2D eigenvalue weighted by atomic mass is 32.1. The number of hydrogen-bond acceptors (Lipinski definition) is 7. The number of thiazole rings is 1. The van der Waals surface area contributed by atoms with E-state index in [1.54, 1.807) is 23.5 Å². The van der Waals surface area contributed by atoms with E-state index in [4.69, 9.17) is 0 Å². The second-order valence-electron chi connectivity index (χ2n) is 7.68. The minimum absolute atomic E-state index is 0.0134. The molecule has 2 fully saturated rings. The summed E-state index contributed by atoms with van der Waals surface area (Å²) in [7, 11) is 0. The van der Waals surface area contributed by atoms with Gasteiger partial charge in [-0.15, -0.1) is 11.3 Å². The highest BCUT2D eigenvalue weighted by Gasteiger charge is 2.45. The second kappa shape index (κ2) is 7.76. The molecule has 3 aromatic rings. The monoisotopic (exact) mass is 416 g/mol. The van der Waals surface area contributed by atoms with Crippen LogP contribution in [0.4, 0.5) is 11.4 Å². The first-order valence-corrected chi connectivity index (χ1v) is 10.7. The Morgan fingerprint density at radius 3 is 2.87 bits per heavy atom. The van der Waals surface area contributed by atoms with Crippen LogP contribution in [0, 0.1) is 17.4 Å². The molecule has 150 valence electrons. The Kier molecular flexibility index (Phi) is 4.81. The fourth-order valence-corrected chi connectivity index (χ4v) is 5.27. The summed E-state index contributed by atoms with van der Waals surface area (Å²) < 4.78 is 0. The molecule has 1 saturated carbocycles. The predicted octanol–water partition coefficient (Wildman–Crippen LogP) is 3.62. The first-order valence-electron chi connectivity index (χ1n) is 9.91. The van der Waals surface area contributed by atoms with Crippen molar-refractivity contribution in [3.05, 3.63) is 60.0 Å². The third-order valence-corrected chi connectivity index (χ3v) is 6.80. The maximum absolute atomic E-state index is 12.8. The number of anilines is 2. The van der Waals surface area contributed by atoms with Crippen molar-refractivity contribution < 1.29 is 4.79 Å². The number of benzene rings is 1. The number of pyridine rings is 1. The lowest BCUT2D eigenvalue weighted by Gasteiger charge is -2.29. The van der Waals surface area contributed by atoms with Crippen molar-refractivity contribution in [1.29, 1.82) is 5.26 Å². The van der Waals surface area contributed by atoms with Crippen molar-refractivity contribution in [3.8, 4) is 16.6 Å². The minimum atomic E-state index is -0.173. The molecule has 1 aliphatic heterocycles. The minimum Gasteiger partial charge on any atom is -0.354 e. The van der Waals surface area contributed by atoms with E-state index in [0.29, 0.717) is 10.9 Å². The molecule has 30 heavy (non-hydrogen) atoms. The number of carbonyl (C=O) groups excluding carboxylic acids is 1. The zero-order chi connectivity index (χ0) is 20.5. The predicted molar refractivity (Wildman–Crippen MR) is 115 cm³/mol. The van der Waals surface area contributed by atoms with Crippen molar-refractivity contribution in [1.82, 2.24) is 20.2 Å². The molecule has 2 bridgehead atoms. The number of nitrogens with one attached hydrogen (secondary N) is 2. The number of nitriles is 1. The molecule has 0 spiro atoms. The van der Waals surface area contributed by atoms with Gasteiger partial charge in [0, 0.05) is 30.2 Å². The average molecular weight is 417 g/mol. The highest BCUT2D eigenvalue weighted by molar-refractivity contribution is 7.17. The standard InChI is InChI=1S/C22H20N6OS/c23-13-28-12-14-8-17(19(28)9-14)27-21(29)22-25-11-20(30-22)16-6-7-24-10-18(16)26-15-4-2-1-3-5-15/h1-7,10-11,14,17,19,26H,8-9,12H2,(H,27,29). The SMILES string of the molecule is N#CN1CC2CC(NC(=O)c3ncc(-c4ccncc4Nc4ccccc4)s3)C1C2. The molecule has 8 heteroatoms. The first-order chi connectivity index (χ1) is 14.7. The van der Waals surface area contributed by atoms with Gasteiger partial charge in [0.05, 0.1) is 28.8 Å². The van der Waals surface area contributed by atoms with Gasteiger partial charge in [-0.05, 0) is 37.0 Å². The lowest BCUT2D eigenvalue weighted by Crippen LogP contribution is -2.48. The molecule has 3 heterocycles. The van der Waals surface area contributed by atoms with Gasteiger partial charge in [-0.25, -0.2) is 4.98 Å².